The van der Waals surface area contributed by atoms with E-state index in [4.69, 9.17) is 4.52 Å². The molecule has 0 saturated carbocycles. The molecular formula is C21H23N3O3S. The van der Waals surface area contributed by atoms with Gasteiger partial charge in [-0.1, -0.05) is 53.7 Å². The predicted molar refractivity (Wildman–Crippen MR) is 107 cm³/mol. The van der Waals surface area contributed by atoms with Crippen LogP contribution in [0.15, 0.2) is 65.2 Å². The van der Waals surface area contributed by atoms with Crippen molar-refractivity contribution in [2.45, 2.75) is 25.0 Å². The summed E-state index contributed by atoms with van der Waals surface area (Å²) in [6.45, 7) is 1.08. The highest BCUT2D eigenvalue weighted by molar-refractivity contribution is 7.88. The molecule has 1 saturated heterocycles. The van der Waals surface area contributed by atoms with Gasteiger partial charge in [-0.15, -0.1) is 0 Å². The molecule has 1 aliphatic heterocycles. The Kier molecular flexibility index (Phi) is 5.54. The van der Waals surface area contributed by atoms with Gasteiger partial charge in [-0.2, -0.15) is 4.98 Å². The summed E-state index contributed by atoms with van der Waals surface area (Å²) in [6.07, 6.45) is 2.43. The van der Waals surface area contributed by atoms with Gasteiger partial charge in [0, 0.05) is 25.1 Å². The summed E-state index contributed by atoms with van der Waals surface area (Å²) in [4.78, 5) is 4.48. The van der Waals surface area contributed by atoms with Crippen molar-refractivity contribution in [1.29, 1.82) is 0 Å². The van der Waals surface area contributed by atoms with Crippen LogP contribution in [0, 0.1) is 5.92 Å². The van der Waals surface area contributed by atoms with Crippen molar-refractivity contribution in [3.05, 3.63) is 72.1 Å². The zero-order chi connectivity index (χ0) is 19.4. The quantitative estimate of drug-likeness (QED) is 0.636. The number of aromatic nitrogens is 2. The maximum Gasteiger partial charge on any atom is 0.257 e. The molecule has 7 heteroatoms. The minimum absolute atomic E-state index is 0.0426. The molecule has 0 N–H and O–H groups in total. The molecule has 146 valence electrons. The Bertz CT molecular complexity index is 1000. The first kappa shape index (κ1) is 18.8. The second kappa shape index (κ2) is 8.24. The van der Waals surface area contributed by atoms with Crippen LogP contribution in [0.1, 0.15) is 24.2 Å². The topological polar surface area (TPSA) is 76.3 Å². The SMILES string of the molecule is O=S(=O)(Cc1ccccc1)N1CCCC(Cc2noc(-c3ccccc3)n2)C1. The maximum atomic E-state index is 12.8. The summed E-state index contributed by atoms with van der Waals surface area (Å²) >= 11 is 0. The molecule has 4 rings (SSSR count). The number of rotatable bonds is 6. The molecule has 3 aromatic rings. The Labute approximate surface area is 165 Å². The highest BCUT2D eigenvalue weighted by Gasteiger charge is 2.30. The van der Waals surface area contributed by atoms with Gasteiger partial charge in [0.05, 0.1) is 5.75 Å². The van der Waals surface area contributed by atoms with Crippen molar-refractivity contribution in [2.75, 3.05) is 13.1 Å². The number of piperidine rings is 1. The molecular weight excluding hydrogens is 374 g/mol. The molecule has 28 heavy (non-hydrogen) atoms. The summed E-state index contributed by atoms with van der Waals surface area (Å²) in [5.74, 6) is 1.37. The van der Waals surface area contributed by atoms with E-state index in [2.05, 4.69) is 10.1 Å². The van der Waals surface area contributed by atoms with E-state index in [0.29, 0.717) is 31.2 Å². The van der Waals surface area contributed by atoms with Gasteiger partial charge in [0.15, 0.2) is 5.82 Å². The van der Waals surface area contributed by atoms with Gasteiger partial charge in [-0.05, 0) is 36.5 Å². The third-order valence-electron chi connectivity index (χ3n) is 5.03. The van der Waals surface area contributed by atoms with Gasteiger partial charge >= 0.3 is 0 Å². The number of nitrogens with zero attached hydrogens (tertiary/aromatic N) is 3. The van der Waals surface area contributed by atoms with E-state index < -0.39 is 10.0 Å². The Morgan fingerprint density at radius 2 is 1.75 bits per heavy atom. The molecule has 2 heterocycles. The number of hydrogen-bond donors (Lipinski definition) is 0. The molecule has 1 aliphatic rings. The molecule has 0 radical (unpaired) electrons. The van der Waals surface area contributed by atoms with Gasteiger partial charge in [-0.3, -0.25) is 0 Å². The molecule has 6 nitrogen and oxygen atoms in total. The zero-order valence-electron chi connectivity index (χ0n) is 15.6. The normalized spacial score (nSPS) is 18.2. The number of sulfonamides is 1. The van der Waals surface area contributed by atoms with Crippen molar-refractivity contribution in [3.8, 4) is 11.5 Å². The van der Waals surface area contributed by atoms with E-state index in [1.54, 1.807) is 4.31 Å². The smallest absolute Gasteiger partial charge is 0.257 e. The number of hydrogen-bond acceptors (Lipinski definition) is 5. The van der Waals surface area contributed by atoms with Gasteiger partial charge in [0.2, 0.25) is 10.0 Å². The van der Waals surface area contributed by atoms with E-state index in [1.165, 1.54) is 0 Å². The molecule has 1 aromatic heterocycles. The first-order valence-electron chi connectivity index (χ1n) is 9.50. The highest BCUT2D eigenvalue weighted by atomic mass is 32.2. The van der Waals surface area contributed by atoms with Crippen molar-refractivity contribution in [2.24, 2.45) is 5.92 Å². The fourth-order valence-corrected chi connectivity index (χ4v) is 5.26. The zero-order valence-corrected chi connectivity index (χ0v) is 16.4. The summed E-state index contributed by atoms with van der Waals surface area (Å²) in [6, 6.07) is 19.0. The second-order valence-corrected chi connectivity index (χ2v) is 9.16. The Morgan fingerprint density at radius 1 is 1.04 bits per heavy atom. The van der Waals surface area contributed by atoms with E-state index in [9.17, 15) is 8.42 Å². The third-order valence-corrected chi connectivity index (χ3v) is 6.84. The van der Waals surface area contributed by atoms with Crippen LogP contribution in [-0.2, 0) is 22.2 Å². The third kappa shape index (κ3) is 4.48. The minimum atomic E-state index is -3.33. The van der Waals surface area contributed by atoms with E-state index in [-0.39, 0.29) is 11.7 Å². The Morgan fingerprint density at radius 3 is 2.50 bits per heavy atom. The van der Waals surface area contributed by atoms with E-state index in [0.717, 1.165) is 24.0 Å². The van der Waals surface area contributed by atoms with E-state index in [1.807, 2.05) is 60.7 Å². The first-order chi connectivity index (χ1) is 13.6. The average molecular weight is 398 g/mol. The van der Waals surface area contributed by atoms with Crippen molar-refractivity contribution < 1.29 is 12.9 Å². The van der Waals surface area contributed by atoms with Crippen molar-refractivity contribution >= 4 is 10.0 Å². The van der Waals surface area contributed by atoms with Crippen LogP contribution in [0.3, 0.4) is 0 Å². The van der Waals surface area contributed by atoms with Crippen molar-refractivity contribution in [3.63, 3.8) is 0 Å². The lowest BCUT2D eigenvalue weighted by molar-refractivity contribution is 0.261. The van der Waals surface area contributed by atoms with E-state index >= 15 is 0 Å². The predicted octanol–water partition coefficient (Wildman–Crippen LogP) is 3.52. The lowest BCUT2D eigenvalue weighted by Gasteiger charge is -2.31. The van der Waals surface area contributed by atoms with Gasteiger partial charge < -0.3 is 4.52 Å². The molecule has 1 atom stereocenters. The Balaban J connectivity index is 1.41. The molecule has 0 amide bonds. The first-order valence-corrected chi connectivity index (χ1v) is 11.1. The molecule has 1 fully saturated rings. The summed E-state index contributed by atoms with van der Waals surface area (Å²) in [7, 11) is -3.33. The number of benzene rings is 2. The van der Waals surface area contributed by atoms with Crippen LogP contribution in [0.2, 0.25) is 0 Å². The lowest BCUT2D eigenvalue weighted by atomic mass is 9.96. The largest absolute Gasteiger partial charge is 0.334 e. The van der Waals surface area contributed by atoms with Crippen LogP contribution in [-0.4, -0.2) is 36.0 Å². The van der Waals surface area contributed by atoms with Crippen LogP contribution < -0.4 is 0 Å². The molecule has 2 aromatic carbocycles. The molecule has 0 bridgehead atoms. The maximum absolute atomic E-state index is 12.8. The molecule has 1 unspecified atom stereocenters. The van der Waals surface area contributed by atoms with Gasteiger partial charge in [0.1, 0.15) is 0 Å². The lowest BCUT2D eigenvalue weighted by Crippen LogP contribution is -2.41. The fraction of sp³-hybridized carbons (Fsp3) is 0.333. The molecule has 0 spiro atoms. The summed E-state index contributed by atoms with van der Waals surface area (Å²) in [5.41, 5.74) is 1.70. The second-order valence-electron chi connectivity index (χ2n) is 7.19. The van der Waals surface area contributed by atoms with Gasteiger partial charge in [0.25, 0.3) is 5.89 Å². The van der Waals surface area contributed by atoms with Gasteiger partial charge in [-0.25, -0.2) is 12.7 Å². The highest BCUT2D eigenvalue weighted by Crippen LogP contribution is 2.25. The summed E-state index contributed by atoms with van der Waals surface area (Å²) < 4.78 is 32.6. The van der Waals surface area contributed by atoms with Crippen LogP contribution in [0.25, 0.3) is 11.5 Å². The van der Waals surface area contributed by atoms with Crippen LogP contribution in [0.4, 0.5) is 0 Å². The van der Waals surface area contributed by atoms with Crippen LogP contribution >= 0.6 is 0 Å². The monoisotopic (exact) mass is 397 g/mol. The minimum Gasteiger partial charge on any atom is -0.334 e. The Hall–Kier alpha value is -2.51. The average Bonchev–Trinajstić information content (AvgIpc) is 3.18. The fourth-order valence-electron chi connectivity index (χ4n) is 3.62. The standard InChI is InChI=1S/C21H23N3O3S/c25-28(26,16-17-8-3-1-4-9-17)24-13-7-10-18(15-24)14-20-22-21(27-23-20)19-11-5-2-6-12-19/h1-6,8-9,11-12,18H,7,10,13-16H2. The van der Waals surface area contributed by atoms with Crippen LogP contribution in [0.5, 0.6) is 0 Å². The summed E-state index contributed by atoms with van der Waals surface area (Å²) in [5, 5.41) is 4.09. The van der Waals surface area contributed by atoms with Crippen molar-refractivity contribution in [1.82, 2.24) is 14.4 Å². The molecule has 0 aliphatic carbocycles.